The number of aliphatic hydroxyl groups excluding tert-OH is 2. The van der Waals surface area contributed by atoms with E-state index in [9.17, 15) is 4.79 Å². The summed E-state index contributed by atoms with van der Waals surface area (Å²) in [5.74, 6) is 0.666. The number of rotatable bonds is 7. The number of carbonyl (C=O) groups excluding carboxylic acids is 1. The Bertz CT molecular complexity index is 255. The normalized spacial score (nSPS) is 23.9. The molecular formula is C14H28N2O3. The number of hydrogen-bond acceptors (Lipinski definition) is 4. The van der Waals surface area contributed by atoms with Crippen LogP contribution in [0.15, 0.2) is 0 Å². The van der Waals surface area contributed by atoms with Gasteiger partial charge in [-0.25, -0.2) is 0 Å². The number of carbonyl (C=O) groups is 1. The van der Waals surface area contributed by atoms with Gasteiger partial charge in [-0.15, -0.1) is 0 Å². The van der Waals surface area contributed by atoms with E-state index in [1.54, 1.807) is 0 Å². The summed E-state index contributed by atoms with van der Waals surface area (Å²) in [7, 11) is 0. The Morgan fingerprint density at radius 2 is 2.05 bits per heavy atom. The topological polar surface area (TPSA) is 72.8 Å². The first-order valence-corrected chi connectivity index (χ1v) is 7.32. The maximum atomic E-state index is 12.1. The van der Waals surface area contributed by atoms with Crippen LogP contribution in [0.4, 0.5) is 0 Å². The fraction of sp³-hybridized carbons (Fsp3) is 0.929. The molecule has 1 rings (SSSR count). The van der Waals surface area contributed by atoms with Crippen molar-refractivity contribution in [2.24, 2.45) is 11.8 Å². The van der Waals surface area contributed by atoms with Gasteiger partial charge in [0.1, 0.15) is 0 Å². The van der Waals surface area contributed by atoms with Gasteiger partial charge in [0.05, 0.1) is 6.61 Å². The number of likely N-dealkylation sites (tertiary alicyclic amines) is 1. The van der Waals surface area contributed by atoms with Crippen LogP contribution in [0, 0.1) is 11.8 Å². The standard InChI is InChI=1S/C14H28N2O3/c1-11(2)14(19)16-9-12(4-3-6-17)8-13(10-16)15-5-7-18/h11-13,15,17-18H,3-10H2,1-2H3. The molecule has 2 atom stereocenters. The molecule has 112 valence electrons. The molecule has 0 aromatic heterocycles. The minimum Gasteiger partial charge on any atom is -0.396 e. The van der Waals surface area contributed by atoms with Gasteiger partial charge in [0, 0.05) is 38.2 Å². The average molecular weight is 272 g/mol. The molecule has 1 aliphatic heterocycles. The molecule has 1 saturated heterocycles. The molecule has 1 aliphatic rings. The van der Waals surface area contributed by atoms with E-state index in [2.05, 4.69) is 5.32 Å². The highest BCUT2D eigenvalue weighted by Gasteiger charge is 2.30. The van der Waals surface area contributed by atoms with Crippen molar-refractivity contribution in [3.63, 3.8) is 0 Å². The molecule has 0 bridgehead atoms. The molecule has 5 heteroatoms. The van der Waals surface area contributed by atoms with Gasteiger partial charge in [-0.3, -0.25) is 4.79 Å². The van der Waals surface area contributed by atoms with Gasteiger partial charge in [-0.2, -0.15) is 0 Å². The first-order valence-electron chi connectivity index (χ1n) is 7.32. The smallest absolute Gasteiger partial charge is 0.225 e. The molecule has 0 spiro atoms. The number of aliphatic hydroxyl groups is 2. The second kappa shape index (κ2) is 8.51. The lowest BCUT2D eigenvalue weighted by molar-refractivity contribution is -0.137. The maximum absolute atomic E-state index is 12.1. The van der Waals surface area contributed by atoms with Crippen LogP contribution in [0.3, 0.4) is 0 Å². The van der Waals surface area contributed by atoms with Gasteiger partial charge in [-0.05, 0) is 25.2 Å². The van der Waals surface area contributed by atoms with Gasteiger partial charge in [0.2, 0.25) is 5.91 Å². The van der Waals surface area contributed by atoms with Gasteiger partial charge in [0.15, 0.2) is 0 Å². The third-order valence-electron chi connectivity index (χ3n) is 3.66. The van der Waals surface area contributed by atoms with E-state index in [0.29, 0.717) is 12.5 Å². The number of nitrogens with zero attached hydrogens (tertiary/aromatic N) is 1. The average Bonchev–Trinajstić information content (AvgIpc) is 2.41. The molecule has 1 amide bonds. The Morgan fingerprint density at radius 3 is 2.63 bits per heavy atom. The van der Waals surface area contributed by atoms with E-state index in [-0.39, 0.29) is 31.1 Å². The van der Waals surface area contributed by atoms with Crippen molar-refractivity contribution in [1.29, 1.82) is 0 Å². The van der Waals surface area contributed by atoms with Crippen molar-refractivity contribution in [3.05, 3.63) is 0 Å². The summed E-state index contributed by atoms with van der Waals surface area (Å²) in [6, 6.07) is 0.257. The lowest BCUT2D eigenvalue weighted by Crippen LogP contribution is -2.52. The predicted molar refractivity (Wildman–Crippen MR) is 74.7 cm³/mol. The molecule has 0 aliphatic carbocycles. The van der Waals surface area contributed by atoms with E-state index in [4.69, 9.17) is 10.2 Å². The summed E-state index contributed by atoms with van der Waals surface area (Å²) in [6.07, 6.45) is 2.76. The zero-order valence-electron chi connectivity index (χ0n) is 12.1. The molecule has 1 fully saturated rings. The Kier molecular flexibility index (Phi) is 7.34. The molecule has 0 saturated carbocycles. The lowest BCUT2D eigenvalue weighted by atomic mass is 9.89. The van der Waals surface area contributed by atoms with Crippen molar-refractivity contribution in [1.82, 2.24) is 10.2 Å². The molecule has 2 unspecified atom stereocenters. The van der Waals surface area contributed by atoms with Crippen LogP contribution >= 0.6 is 0 Å². The fourth-order valence-corrected chi connectivity index (χ4v) is 2.75. The first kappa shape index (κ1) is 16.4. The fourth-order valence-electron chi connectivity index (χ4n) is 2.75. The van der Waals surface area contributed by atoms with E-state index in [0.717, 1.165) is 32.4 Å². The zero-order valence-corrected chi connectivity index (χ0v) is 12.1. The molecular weight excluding hydrogens is 244 g/mol. The summed E-state index contributed by atoms with van der Waals surface area (Å²) in [6.45, 7) is 6.28. The van der Waals surface area contributed by atoms with E-state index in [1.807, 2.05) is 18.7 Å². The van der Waals surface area contributed by atoms with Crippen LogP contribution in [0.25, 0.3) is 0 Å². The van der Waals surface area contributed by atoms with E-state index in [1.165, 1.54) is 0 Å². The van der Waals surface area contributed by atoms with Gasteiger partial charge < -0.3 is 20.4 Å². The monoisotopic (exact) mass is 272 g/mol. The number of amides is 1. The molecule has 0 aromatic carbocycles. The third-order valence-corrected chi connectivity index (χ3v) is 3.66. The molecule has 19 heavy (non-hydrogen) atoms. The van der Waals surface area contributed by atoms with Crippen molar-refractivity contribution in [3.8, 4) is 0 Å². The van der Waals surface area contributed by atoms with Crippen LogP contribution in [0.2, 0.25) is 0 Å². The number of hydrogen-bond donors (Lipinski definition) is 3. The highest BCUT2D eigenvalue weighted by Crippen LogP contribution is 2.22. The highest BCUT2D eigenvalue weighted by atomic mass is 16.3. The van der Waals surface area contributed by atoms with Gasteiger partial charge in [-0.1, -0.05) is 13.8 Å². The van der Waals surface area contributed by atoms with Gasteiger partial charge in [0.25, 0.3) is 0 Å². The largest absolute Gasteiger partial charge is 0.396 e. The zero-order chi connectivity index (χ0) is 14.3. The molecule has 5 nitrogen and oxygen atoms in total. The SMILES string of the molecule is CC(C)C(=O)N1CC(CCCO)CC(NCCO)C1. The molecule has 0 radical (unpaired) electrons. The second-order valence-electron chi connectivity index (χ2n) is 5.74. The molecule has 3 N–H and O–H groups in total. The summed E-state index contributed by atoms with van der Waals surface area (Å²) in [5, 5.41) is 21.1. The Morgan fingerprint density at radius 1 is 1.32 bits per heavy atom. The number of nitrogens with one attached hydrogen (secondary N) is 1. The Labute approximate surface area is 116 Å². The van der Waals surface area contributed by atoms with E-state index < -0.39 is 0 Å². The third kappa shape index (κ3) is 5.47. The van der Waals surface area contributed by atoms with Crippen LogP contribution in [-0.2, 0) is 4.79 Å². The summed E-state index contributed by atoms with van der Waals surface area (Å²) < 4.78 is 0. The molecule has 1 heterocycles. The molecule has 0 aromatic rings. The Hall–Kier alpha value is -0.650. The Balaban J connectivity index is 2.57. The van der Waals surface area contributed by atoms with Gasteiger partial charge >= 0.3 is 0 Å². The summed E-state index contributed by atoms with van der Waals surface area (Å²) in [5.41, 5.74) is 0. The van der Waals surface area contributed by atoms with Crippen molar-refractivity contribution in [2.75, 3.05) is 32.8 Å². The summed E-state index contributed by atoms with van der Waals surface area (Å²) >= 11 is 0. The summed E-state index contributed by atoms with van der Waals surface area (Å²) in [4.78, 5) is 14.1. The quantitative estimate of drug-likeness (QED) is 0.620. The van der Waals surface area contributed by atoms with E-state index >= 15 is 0 Å². The van der Waals surface area contributed by atoms with Crippen LogP contribution in [-0.4, -0.2) is 59.9 Å². The lowest BCUT2D eigenvalue weighted by Gasteiger charge is -2.39. The number of piperidine rings is 1. The predicted octanol–water partition coefficient (Wildman–Crippen LogP) is 0.214. The van der Waals surface area contributed by atoms with Crippen molar-refractivity contribution < 1.29 is 15.0 Å². The second-order valence-corrected chi connectivity index (χ2v) is 5.74. The van der Waals surface area contributed by atoms with Crippen molar-refractivity contribution >= 4 is 5.91 Å². The maximum Gasteiger partial charge on any atom is 0.225 e. The van der Waals surface area contributed by atoms with Crippen LogP contribution in [0.5, 0.6) is 0 Å². The minimum absolute atomic E-state index is 0.0232. The van der Waals surface area contributed by atoms with Crippen molar-refractivity contribution in [2.45, 2.75) is 39.2 Å². The minimum atomic E-state index is 0.0232. The van der Waals surface area contributed by atoms with Crippen LogP contribution in [0.1, 0.15) is 33.1 Å². The highest BCUT2D eigenvalue weighted by molar-refractivity contribution is 5.78. The van der Waals surface area contributed by atoms with Crippen LogP contribution < -0.4 is 5.32 Å². The first-order chi connectivity index (χ1) is 9.08.